The van der Waals surface area contributed by atoms with Gasteiger partial charge in [0.15, 0.2) is 0 Å². The molecule has 1 rings (SSSR count). The van der Waals surface area contributed by atoms with Crippen molar-refractivity contribution in [1.29, 1.82) is 0 Å². The molecule has 0 bridgehead atoms. The van der Waals surface area contributed by atoms with Crippen molar-refractivity contribution in [3.63, 3.8) is 0 Å². The van der Waals surface area contributed by atoms with Gasteiger partial charge in [-0.3, -0.25) is 0 Å². The maximum absolute atomic E-state index is 10.8. The van der Waals surface area contributed by atoms with Crippen molar-refractivity contribution in [3.8, 4) is 0 Å². The summed E-state index contributed by atoms with van der Waals surface area (Å²) in [5, 5.41) is 11.9. The minimum absolute atomic E-state index is 0.115. The standard InChI is InChI=1S/C12H19N3O3/c1-5-18-12(3,4)7-14-11-13-6-9(10(16)17)8(2)15-11/h6H,5,7H2,1-4H3,(H,16,17)(H,13,14,15). The van der Waals surface area contributed by atoms with E-state index < -0.39 is 5.97 Å². The molecule has 2 N–H and O–H groups in total. The van der Waals surface area contributed by atoms with E-state index in [9.17, 15) is 4.79 Å². The molecule has 6 nitrogen and oxygen atoms in total. The molecule has 0 radical (unpaired) electrons. The zero-order valence-electron chi connectivity index (χ0n) is 11.1. The zero-order chi connectivity index (χ0) is 13.8. The van der Waals surface area contributed by atoms with Crippen LogP contribution in [0.15, 0.2) is 6.20 Å². The number of carbonyl (C=O) groups is 1. The Hall–Kier alpha value is -1.69. The minimum atomic E-state index is -1.02. The number of anilines is 1. The summed E-state index contributed by atoms with van der Waals surface area (Å²) in [4.78, 5) is 18.9. The van der Waals surface area contributed by atoms with Gasteiger partial charge in [-0.2, -0.15) is 0 Å². The fourth-order valence-corrected chi connectivity index (χ4v) is 1.50. The topological polar surface area (TPSA) is 84.3 Å². The lowest BCUT2D eigenvalue weighted by Crippen LogP contribution is -2.33. The first-order chi connectivity index (χ1) is 8.35. The fraction of sp³-hybridized carbons (Fsp3) is 0.583. The van der Waals surface area contributed by atoms with Gasteiger partial charge >= 0.3 is 5.97 Å². The second kappa shape index (κ2) is 5.77. The zero-order valence-corrected chi connectivity index (χ0v) is 11.1. The highest BCUT2D eigenvalue weighted by Gasteiger charge is 2.18. The average Bonchev–Trinajstić information content (AvgIpc) is 2.26. The molecular formula is C12H19N3O3. The lowest BCUT2D eigenvalue weighted by Gasteiger charge is -2.24. The van der Waals surface area contributed by atoms with Crippen molar-refractivity contribution in [2.24, 2.45) is 0 Å². The first kappa shape index (κ1) is 14.4. The Morgan fingerprint density at radius 2 is 2.22 bits per heavy atom. The Morgan fingerprint density at radius 1 is 1.56 bits per heavy atom. The number of carboxylic acid groups (broad SMARTS) is 1. The van der Waals surface area contributed by atoms with Crippen LogP contribution in [0.3, 0.4) is 0 Å². The number of aromatic nitrogens is 2. The second-order valence-corrected chi connectivity index (χ2v) is 4.54. The van der Waals surface area contributed by atoms with Gasteiger partial charge in [0.05, 0.1) is 16.9 Å². The molecule has 0 amide bonds. The predicted molar refractivity (Wildman–Crippen MR) is 67.9 cm³/mol. The molecule has 0 saturated heterocycles. The van der Waals surface area contributed by atoms with E-state index in [1.807, 2.05) is 20.8 Å². The molecule has 0 aromatic carbocycles. The highest BCUT2D eigenvalue weighted by molar-refractivity contribution is 5.88. The van der Waals surface area contributed by atoms with Crippen LogP contribution in [0.5, 0.6) is 0 Å². The van der Waals surface area contributed by atoms with E-state index in [0.717, 1.165) is 0 Å². The number of rotatable bonds is 6. The third-order valence-electron chi connectivity index (χ3n) is 2.42. The number of ether oxygens (including phenoxy) is 1. The summed E-state index contributed by atoms with van der Waals surface area (Å²) in [6, 6.07) is 0. The van der Waals surface area contributed by atoms with Gasteiger partial charge in [-0.05, 0) is 27.7 Å². The van der Waals surface area contributed by atoms with Gasteiger partial charge in [-0.1, -0.05) is 0 Å². The van der Waals surface area contributed by atoms with Crippen LogP contribution in [0, 0.1) is 6.92 Å². The highest BCUT2D eigenvalue weighted by Crippen LogP contribution is 2.11. The Morgan fingerprint density at radius 3 is 2.72 bits per heavy atom. The number of nitrogens with zero attached hydrogens (tertiary/aromatic N) is 2. The predicted octanol–water partition coefficient (Wildman–Crippen LogP) is 1.71. The minimum Gasteiger partial charge on any atom is -0.478 e. The maximum Gasteiger partial charge on any atom is 0.339 e. The average molecular weight is 253 g/mol. The smallest absolute Gasteiger partial charge is 0.339 e. The molecule has 0 aliphatic rings. The monoisotopic (exact) mass is 253 g/mol. The van der Waals surface area contributed by atoms with Crippen LogP contribution in [0.1, 0.15) is 36.8 Å². The largest absolute Gasteiger partial charge is 0.478 e. The quantitative estimate of drug-likeness (QED) is 0.803. The third kappa shape index (κ3) is 3.96. The molecule has 0 aliphatic heterocycles. The normalized spacial score (nSPS) is 11.3. The maximum atomic E-state index is 10.8. The number of aromatic carboxylic acids is 1. The van der Waals surface area contributed by atoms with Crippen LogP contribution < -0.4 is 5.32 Å². The number of nitrogens with one attached hydrogen (secondary N) is 1. The van der Waals surface area contributed by atoms with Crippen LogP contribution in [0.4, 0.5) is 5.95 Å². The van der Waals surface area contributed by atoms with Gasteiger partial charge in [0.1, 0.15) is 0 Å². The number of hydrogen-bond acceptors (Lipinski definition) is 5. The third-order valence-corrected chi connectivity index (χ3v) is 2.42. The molecule has 18 heavy (non-hydrogen) atoms. The molecule has 1 aromatic rings. The molecule has 1 aromatic heterocycles. The summed E-state index contributed by atoms with van der Waals surface area (Å²) >= 11 is 0. The van der Waals surface area contributed by atoms with Crippen molar-refractivity contribution >= 4 is 11.9 Å². The van der Waals surface area contributed by atoms with Gasteiger partial charge < -0.3 is 15.2 Å². The van der Waals surface area contributed by atoms with Crippen molar-refractivity contribution in [3.05, 3.63) is 17.5 Å². The van der Waals surface area contributed by atoms with E-state index in [1.54, 1.807) is 6.92 Å². The first-order valence-electron chi connectivity index (χ1n) is 5.80. The summed E-state index contributed by atoms with van der Waals surface area (Å²) in [7, 11) is 0. The van der Waals surface area contributed by atoms with Gasteiger partial charge in [0.25, 0.3) is 0 Å². The number of aryl methyl sites for hydroxylation is 1. The van der Waals surface area contributed by atoms with Crippen LogP contribution in [-0.2, 0) is 4.74 Å². The molecule has 6 heteroatoms. The van der Waals surface area contributed by atoms with Crippen LogP contribution in [-0.4, -0.2) is 39.8 Å². The Balaban J connectivity index is 2.70. The molecule has 0 spiro atoms. The SMILES string of the molecule is CCOC(C)(C)CNc1ncc(C(=O)O)c(C)n1. The van der Waals surface area contributed by atoms with Crippen molar-refractivity contribution in [2.45, 2.75) is 33.3 Å². The summed E-state index contributed by atoms with van der Waals surface area (Å²) in [6.45, 7) is 8.68. The molecule has 0 atom stereocenters. The Kier molecular flexibility index (Phi) is 4.61. The summed E-state index contributed by atoms with van der Waals surface area (Å²) in [5.74, 6) is -0.612. The van der Waals surface area contributed by atoms with E-state index >= 15 is 0 Å². The number of carboxylic acids is 1. The van der Waals surface area contributed by atoms with Crippen LogP contribution in [0.25, 0.3) is 0 Å². The van der Waals surface area contributed by atoms with E-state index in [1.165, 1.54) is 6.20 Å². The fourth-order valence-electron chi connectivity index (χ4n) is 1.50. The second-order valence-electron chi connectivity index (χ2n) is 4.54. The van der Waals surface area contributed by atoms with Gasteiger partial charge in [-0.15, -0.1) is 0 Å². The Labute approximate surface area is 106 Å². The summed E-state index contributed by atoms with van der Waals surface area (Å²) in [5.41, 5.74) is 0.233. The van der Waals surface area contributed by atoms with Gasteiger partial charge in [0.2, 0.25) is 5.95 Å². The molecular weight excluding hydrogens is 234 g/mol. The van der Waals surface area contributed by atoms with Crippen LogP contribution >= 0.6 is 0 Å². The molecule has 100 valence electrons. The first-order valence-corrected chi connectivity index (χ1v) is 5.80. The van der Waals surface area contributed by atoms with E-state index in [0.29, 0.717) is 24.8 Å². The molecule has 0 fully saturated rings. The van der Waals surface area contributed by atoms with E-state index in [4.69, 9.17) is 9.84 Å². The summed E-state index contributed by atoms with van der Waals surface area (Å²) in [6.07, 6.45) is 1.31. The molecule has 0 unspecified atom stereocenters. The van der Waals surface area contributed by atoms with Gasteiger partial charge in [0, 0.05) is 19.3 Å². The lowest BCUT2D eigenvalue weighted by atomic mass is 10.1. The van der Waals surface area contributed by atoms with E-state index in [-0.39, 0.29) is 11.2 Å². The highest BCUT2D eigenvalue weighted by atomic mass is 16.5. The lowest BCUT2D eigenvalue weighted by molar-refractivity contribution is 0.000569. The Bertz CT molecular complexity index is 433. The molecule has 0 saturated carbocycles. The van der Waals surface area contributed by atoms with Crippen molar-refractivity contribution in [2.75, 3.05) is 18.5 Å². The van der Waals surface area contributed by atoms with Gasteiger partial charge in [-0.25, -0.2) is 14.8 Å². The van der Waals surface area contributed by atoms with Crippen molar-refractivity contribution in [1.82, 2.24) is 9.97 Å². The van der Waals surface area contributed by atoms with Crippen molar-refractivity contribution < 1.29 is 14.6 Å². The van der Waals surface area contributed by atoms with E-state index in [2.05, 4.69) is 15.3 Å². The molecule has 0 aliphatic carbocycles. The summed E-state index contributed by atoms with van der Waals surface area (Å²) < 4.78 is 5.53. The van der Waals surface area contributed by atoms with Crippen LogP contribution in [0.2, 0.25) is 0 Å². The number of hydrogen-bond donors (Lipinski definition) is 2. The molecule has 1 heterocycles.